The van der Waals surface area contributed by atoms with Gasteiger partial charge >= 0.3 is 5.97 Å². The lowest BCUT2D eigenvalue weighted by atomic mass is 10.4. The summed E-state index contributed by atoms with van der Waals surface area (Å²) >= 11 is 0. The molecule has 2 aromatic heterocycles. The zero-order valence-electron chi connectivity index (χ0n) is 13.1. The maximum atomic E-state index is 11.6. The topological polar surface area (TPSA) is 73.1 Å². The van der Waals surface area contributed by atoms with Crippen LogP contribution < -0.4 is 4.90 Å². The Hall–Kier alpha value is -2.44. The normalized spacial score (nSPS) is 22.0. The molecule has 1 saturated heterocycles. The van der Waals surface area contributed by atoms with Crippen molar-refractivity contribution in [1.29, 1.82) is 0 Å². The molecule has 7 nitrogen and oxygen atoms in total. The summed E-state index contributed by atoms with van der Waals surface area (Å²) in [6, 6.07) is 0. The Morgan fingerprint density at radius 2 is 2.09 bits per heavy atom. The van der Waals surface area contributed by atoms with Crippen LogP contribution in [0.2, 0.25) is 0 Å². The van der Waals surface area contributed by atoms with E-state index in [-0.39, 0.29) is 5.97 Å². The second kappa shape index (κ2) is 5.64. The highest BCUT2D eigenvalue weighted by Crippen LogP contribution is 2.45. The molecule has 4 rings (SSSR count). The number of rotatable bonds is 5. The summed E-state index contributed by atoms with van der Waals surface area (Å²) in [6.07, 6.45) is 8.17. The molecule has 7 heteroatoms. The van der Waals surface area contributed by atoms with Gasteiger partial charge in [-0.05, 0) is 25.2 Å². The van der Waals surface area contributed by atoms with E-state index in [1.165, 1.54) is 12.6 Å². The molecule has 0 aromatic carbocycles. The van der Waals surface area contributed by atoms with Crippen molar-refractivity contribution >= 4 is 11.8 Å². The number of anilines is 1. The quantitative estimate of drug-likeness (QED) is 0.776. The summed E-state index contributed by atoms with van der Waals surface area (Å²) in [7, 11) is 0. The first-order chi connectivity index (χ1) is 11.2. The van der Waals surface area contributed by atoms with E-state index in [2.05, 4.69) is 20.0 Å². The van der Waals surface area contributed by atoms with Crippen LogP contribution in [0.1, 0.15) is 29.4 Å². The molecule has 2 aliphatic rings. The highest BCUT2D eigenvalue weighted by Gasteiger charge is 2.45. The van der Waals surface area contributed by atoms with Gasteiger partial charge in [0.05, 0.1) is 43.0 Å². The molecule has 1 aliphatic carbocycles. The molecule has 0 amide bonds. The van der Waals surface area contributed by atoms with Gasteiger partial charge in [0.25, 0.3) is 0 Å². The fourth-order valence-corrected chi connectivity index (χ4v) is 3.11. The molecule has 2 fully saturated rings. The van der Waals surface area contributed by atoms with Crippen LogP contribution in [0, 0.1) is 11.8 Å². The van der Waals surface area contributed by atoms with Gasteiger partial charge in [-0.1, -0.05) is 0 Å². The van der Waals surface area contributed by atoms with Crippen molar-refractivity contribution in [3.63, 3.8) is 0 Å². The van der Waals surface area contributed by atoms with Crippen molar-refractivity contribution in [2.75, 3.05) is 24.6 Å². The van der Waals surface area contributed by atoms with Gasteiger partial charge < -0.3 is 9.64 Å². The summed E-state index contributed by atoms with van der Waals surface area (Å²) in [4.78, 5) is 22.9. The van der Waals surface area contributed by atoms with Crippen molar-refractivity contribution in [2.45, 2.75) is 19.9 Å². The van der Waals surface area contributed by atoms with E-state index in [4.69, 9.17) is 4.74 Å². The highest BCUT2D eigenvalue weighted by atomic mass is 16.5. The summed E-state index contributed by atoms with van der Waals surface area (Å²) in [6.45, 7) is 4.85. The predicted molar refractivity (Wildman–Crippen MR) is 83.1 cm³/mol. The Balaban J connectivity index is 1.40. The van der Waals surface area contributed by atoms with Crippen LogP contribution in [0.4, 0.5) is 5.82 Å². The largest absolute Gasteiger partial charge is 0.462 e. The molecule has 1 saturated carbocycles. The zero-order valence-corrected chi connectivity index (χ0v) is 13.1. The van der Waals surface area contributed by atoms with E-state index in [1.807, 2.05) is 6.20 Å². The van der Waals surface area contributed by atoms with Crippen molar-refractivity contribution in [1.82, 2.24) is 19.7 Å². The van der Waals surface area contributed by atoms with E-state index in [0.717, 1.165) is 36.4 Å². The number of hydrogen-bond donors (Lipinski definition) is 0. The monoisotopic (exact) mass is 313 g/mol. The van der Waals surface area contributed by atoms with E-state index >= 15 is 0 Å². The molecular formula is C16H19N5O2. The third-order valence-corrected chi connectivity index (χ3v) is 4.46. The highest BCUT2D eigenvalue weighted by molar-refractivity contribution is 5.88. The third kappa shape index (κ3) is 2.91. The van der Waals surface area contributed by atoms with Gasteiger partial charge in [0.15, 0.2) is 0 Å². The number of ether oxygens (including phenoxy) is 1. The van der Waals surface area contributed by atoms with Crippen molar-refractivity contribution in [2.24, 2.45) is 11.8 Å². The summed E-state index contributed by atoms with van der Waals surface area (Å²) in [5.74, 6) is 2.35. The van der Waals surface area contributed by atoms with E-state index < -0.39 is 0 Å². The molecule has 3 heterocycles. The van der Waals surface area contributed by atoms with Gasteiger partial charge in [-0.15, -0.1) is 0 Å². The average molecular weight is 313 g/mol. The molecule has 120 valence electrons. The van der Waals surface area contributed by atoms with Crippen LogP contribution in [0.5, 0.6) is 0 Å². The number of nitrogens with zero attached hydrogens (tertiary/aromatic N) is 5. The maximum absolute atomic E-state index is 11.6. The van der Waals surface area contributed by atoms with Crippen molar-refractivity contribution in [3.8, 4) is 0 Å². The van der Waals surface area contributed by atoms with Crippen LogP contribution in [0.25, 0.3) is 0 Å². The fraction of sp³-hybridized carbons (Fsp3) is 0.500. The Kier molecular flexibility index (Phi) is 3.48. The summed E-state index contributed by atoms with van der Waals surface area (Å²) < 4.78 is 6.62. The number of hydrogen-bond acceptors (Lipinski definition) is 6. The second-order valence-corrected chi connectivity index (χ2v) is 6.17. The minimum Gasteiger partial charge on any atom is -0.462 e. The number of carbonyl (C=O) groups excluding carboxylic acids is 1. The Bertz CT molecular complexity index is 702. The number of carbonyl (C=O) groups is 1. The molecule has 23 heavy (non-hydrogen) atoms. The molecule has 0 bridgehead atoms. The van der Waals surface area contributed by atoms with Crippen LogP contribution >= 0.6 is 0 Å². The molecule has 2 unspecified atom stereocenters. The fourth-order valence-electron chi connectivity index (χ4n) is 3.11. The first kappa shape index (κ1) is 14.2. The van der Waals surface area contributed by atoms with Gasteiger partial charge in [-0.3, -0.25) is 9.67 Å². The van der Waals surface area contributed by atoms with Crippen molar-refractivity contribution < 1.29 is 9.53 Å². The molecule has 0 N–H and O–H groups in total. The number of esters is 1. The first-order valence-electron chi connectivity index (χ1n) is 7.98. The smallest absolute Gasteiger partial charge is 0.341 e. The van der Waals surface area contributed by atoms with E-state index in [9.17, 15) is 4.79 Å². The predicted octanol–water partition coefficient (Wildman–Crippen LogP) is 1.35. The first-order valence-corrected chi connectivity index (χ1v) is 7.98. The van der Waals surface area contributed by atoms with Gasteiger partial charge in [0.2, 0.25) is 0 Å². The Labute approximate surface area is 134 Å². The van der Waals surface area contributed by atoms with Gasteiger partial charge in [-0.2, -0.15) is 5.10 Å². The lowest BCUT2D eigenvalue weighted by Gasteiger charge is -2.18. The molecule has 0 spiro atoms. The Morgan fingerprint density at radius 1 is 1.26 bits per heavy atom. The van der Waals surface area contributed by atoms with Crippen LogP contribution in [-0.2, 0) is 11.3 Å². The minimum atomic E-state index is -0.354. The Morgan fingerprint density at radius 3 is 2.78 bits per heavy atom. The van der Waals surface area contributed by atoms with Crippen LogP contribution in [-0.4, -0.2) is 45.4 Å². The molecular weight excluding hydrogens is 294 g/mol. The standard InChI is InChI=1S/C16H19N5O2/c1-2-23-16(22)13-4-19-21(9-13)10-14-5-18-15(6-17-14)20-7-11-3-12(11)8-20/h4-6,9,11-12H,2-3,7-8,10H2,1H3. The van der Waals surface area contributed by atoms with Gasteiger partial charge in [-0.25, -0.2) is 9.78 Å². The lowest BCUT2D eigenvalue weighted by Crippen LogP contribution is -2.23. The van der Waals surface area contributed by atoms with Crippen LogP contribution in [0.15, 0.2) is 24.8 Å². The third-order valence-electron chi connectivity index (χ3n) is 4.46. The van der Waals surface area contributed by atoms with E-state index in [1.54, 1.807) is 24.0 Å². The number of aromatic nitrogens is 4. The maximum Gasteiger partial charge on any atom is 0.341 e. The second-order valence-electron chi connectivity index (χ2n) is 6.17. The molecule has 1 aliphatic heterocycles. The minimum absolute atomic E-state index is 0.354. The van der Waals surface area contributed by atoms with Gasteiger partial charge in [0.1, 0.15) is 5.82 Å². The van der Waals surface area contributed by atoms with Crippen molar-refractivity contribution in [3.05, 3.63) is 36.0 Å². The van der Waals surface area contributed by atoms with Gasteiger partial charge in [0, 0.05) is 19.3 Å². The zero-order chi connectivity index (χ0) is 15.8. The molecule has 2 aromatic rings. The lowest BCUT2D eigenvalue weighted by molar-refractivity contribution is 0.0526. The number of fused-ring (bicyclic) bond motifs is 1. The molecule has 2 atom stereocenters. The van der Waals surface area contributed by atoms with E-state index in [0.29, 0.717) is 18.7 Å². The van der Waals surface area contributed by atoms with Crippen LogP contribution in [0.3, 0.4) is 0 Å². The average Bonchev–Trinajstić information content (AvgIpc) is 2.98. The SMILES string of the molecule is CCOC(=O)c1cnn(Cc2cnc(N3CC4CC4C3)cn2)c1. The molecule has 0 radical (unpaired) electrons. The number of piperidine rings is 1. The summed E-state index contributed by atoms with van der Waals surface area (Å²) in [5.41, 5.74) is 1.27. The summed E-state index contributed by atoms with van der Waals surface area (Å²) in [5, 5.41) is 4.17.